The number of para-hydroxylation sites is 2. The lowest BCUT2D eigenvalue weighted by Crippen LogP contribution is -2.62. The van der Waals surface area contributed by atoms with E-state index in [1.165, 1.54) is 44.0 Å². The number of aromatic nitrogens is 2. The number of urea groups is 1. The number of piperidine rings is 1. The van der Waals surface area contributed by atoms with Gasteiger partial charge in [-0.3, -0.25) is 0 Å². The maximum absolute atomic E-state index is 13.0. The Morgan fingerprint density at radius 2 is 1.66 bits per heavy atom. The largest absolute Gasteiger partial charge is 0.342 e. The van der Waals surface area contributed by atoms with E-state index >= 15 is 0 Å². The zero-order valence-corrected chi connectivity index (χ0v) is 19.5. The van der Waals surface area contributed by atoms with Gasteiger partial charge in [0.1, 0.15) is 0 Å². The molecule has 1 aromatic carbocycles. The van der Waals surface area contributed by atoms with Gasteiger partial charge in [0.15, 0.2) is 0 Å². The maximum atomic E-state index is 13.0. The highest BCUT2D eigenvalue weighted by molar-refractivity contribution is 5.79. The van der Waals surface area contributed by atoms with Gasteiger partial charge in [-0.2, -0.15) is 0 Å². The number of carbonyl (C=O) groups is 1. The minimum Gasteiger partial charge on any atom is -0.342 e. The SMILES string of the molecule is CC(C)n1c(N2CCC(NC(=O)NC34CC5CC(CC(C5)C3)C4)CC2)nc2ccccc21. The van der Waals surface area contributed by atoms with Crippen LogP contribution in [0.4, 0.5) is 10.7 Å². The summed E-state index contributed by atoms with van der Waals surface area (Å²) in [5.41, 5.74) is 2.35. The Morgan fingerprint density at radius 3 is 2.28 bits per heavy atom. The highest BCUT2D eigenvalue weighted by atomic mass is 16.2. The van der Waals surface area contributed by atoms with E-state index in [0.717, 1.165) is 55.1 Å². The topological polar surface area (TPSA) is 62.2 Å². The van der Waals surface area contributed by atoms with Crippen LogP contribution in [0.5, 0.6) is 0 Å². The van der Waals surface area contributed by atoms with Crippen LogP contribution in [0.1, 0.15) is 71.3 Å². The van der Waals surface area contributed by atoms with E-state index in [4.69, 9.17) is 4.98 Å². The maximum Gasteiger partial charge on any atom is 0.315 e. The van der Waals surface area contributed by atoms with Crippen LogP contribution in [0, 0.1) is 17.8 Å². The van der Waals surface area contributed by atoms with Gasteiger partial charge in [-0.15, -0.1) is 0 Å². The molecule has 0 radical (unpaired) electrons. The number of nitrogens with one attached hydrogen (secondary N) is 2. The molecule has 2 amide bonds. The fourth-order valence-corrected chi connectivity index (χ4v) is 7.71. The van der Waals surface area contributed by atoms with Crippen LogP contribution in [0.3, 0.4) is 0 Å². The first-order valence-corrected chi connectivity index (χ1v) is 12.8. The normalized spacial score (nSPS) is 32.1. The second-order valence-electron chi connectivity index (χ2n) is 11.4. The molecule has 6 nitrogen and oxygen atoms in total. The zero-order valence-electron chi connectivity index (χ0n) is 19.5. The summed E-state index contributed by atoms with van der Waals surface area (Å²) in [5.74, 6) is 3.62. The van der Waals surface area contributed by atoms with Gasteiger partial charge < -0.3 is 20.1 Å². The van der Waals surface area contributed by atoms with Gasteiger partial charge in [0.05, 0.1) is 11.0 Å². The third-order valence-corrected chi connectivity index (χ3v) is 8.62. The third kappa shape index (κ3) is 3.56. The van der Waals surface area contributed by atoms with Gasteiger partial charge in [0.2, 0.25) is 5.95 Å². The van der Waals surface area contributed by atoms with Crippen molar-refractivity contribution in [2.45, 2.75) is 82.8 Å². The highest BCUT2D eigenvalue weighted by Crippen LogP contribution is 2.55. The van der Waals surface area contributed by atoms with Crippen molar-refractivity contribution in [2.24, 2.45) is 17.8 Å². The smallest absolute Gasteiger partial charge is 0.315 e. The summed E-state index contributed by atoms with van der Waals surface area (Å²) >= 11 is 0. The first-order valence-electron chi connectivity index (χ1n) is 12.8. The van der Waals surface area contributed by atoms with Crippen molar-refractivity contribution in [2.75, 3.05) is 18.0 Å². The summed E-state index contributed by atoms with van der Waals surface area (Å²) < 4.78 is 2.35. The van der Waals surface area contributed by atoms with Crippen molar-refractivity contribution < 1.29 is 4.79 Å². The number of nitrogens with zero attached hydrogens (tertiary/aromatic N) is 3. The molecule has 6 heteroatoms. The number of anilines is 1. The molecule has 4 aliphatic carbocycles. The molecule has 2 heterocycles. The molecule has 5 fully saturated rings. The monoisotopic (exact) mass is 435 g/mol. The lowest BCUT2D eigenvalue weighted by Gasteiger charge is -2.56. The Kier molecular flexibility index (Phi) is 4.88. The molecule has 0 atom stereocenters. The van der Waals surface area contributed by atoms with Crippen molar-refractivity contribution in [3.63, 3.8) is 0 Å². The fraction of sp³-hybridized carbons (Fsp3) is 0.692. The van der Waals surface area contributed by atoms with E-state index < -0.39 is 0 Å². The summed E-state index contributed by atoms with van der Waals surface area (Å²) in [6.45, 7) is 6.30. The molecule has 7 rings (SSSR count). The number of benzene rings is 1. The quantitative estimate of drug-likeness (QED) is 0.721. The Bertz CT molecular complexity index is 968. The van der Waals surface area contributed by atoms with E-state index in [9.17, 15) is 4.79 Å². The second-order valence-corrected chi connectivity index (χ2v) is 11.4. The number of imidazole rings is 1. The van der Waals surface area contributed by atoms with Gasteiger partial charge in [0.25, 0.3) is 0 Å². The molecular weight excluding hydrogens is 398 g/mol. The summed E-state index contributed by atoms with van der Waals surface area (Å²) in [5, 5.41) is 6.80. The molecular formula is C26H37N5O. The van der Waals surface area contributed by atoms with Crippen molar-refractivity contribution in [3.8, 4) is 0 Å². The van der Waals surface area contributed by atoms with E-state index in [1.54, 1.807) is 0 Å². The van der Waals surface area contributed by atoms with E-state index in [1.807, 2.05) is 0 Å². The number of fused-ring (bicyclic) bond motifs is 1. The van der Waals surface area contributed by atoms with Gasteiger partial charge >= 0.3 is 6.03 Å². The average molecular weight is 436 g/mol. The lowest BCUT2D eigenvalue weighted by atomic mass is 9.53. The van der Waals surface area contributed by atoms with Gasteiger partial charge in [0, 0.05) is 30.7 Å². The predicted molar refractivity (Wildman–Crippen MR) is 128 cm³/mol. The molecule has 32 heavy (non-hydrogen) atoms. The zero-order chi connectivity index (χ0) is 21.9. The Balaban J connectivity index is 1.08. The number of hydrogen-bond acceptors (Lipinski definition) is 3. The number of carbonyl (C=O) groups excluding carboxylic acids is 1. The Labute approximate surface area is 191 Å². The summed E-state index contributed by atoms with van der Waals surface area (Å²) in [6.07, 6.45) is 9.76. The van der Waals surface area contributed by atoms with Gasteiger partial charge in [-0.1, -0.05) is 12.1 Å². The molecule has 1 aromatic heterocycles. The summed E-state index contributed by atoms with van der Waals surface area (Å²) in [6, 6.07) is 9.08. The molecule has 4 saturated carbocycles. The number of hydrogen-bond donors (Lipinski definition) is 2. The van der Waals surface area contributed by atoms with Crippen LogP contribution < -0.4 is 15.5 Å². The molecule has 2 aromatic rings. The lowest BCUT2D eigenvalue weighted by molar-refractivity contribution is -0.0137. The van der Waals surface area contributed by atoms with Crippen LogP contribution in [-0.4, -0.2) is 40.3 Å². The van der Waals surface area contributed by atoms with Crippen molar-refractivity contribution in [1.82, 2.24) is 20.2 Å². The van der Waals surface area contributed by atoms with Gasteiger partial charge in [-0.25, -0.2) is 9.78 Å². The number of amides is 2. The molecule has 1 saturated heterocycles. The molecule has 0 unspecified atom stereocenters. The van der Waals surface area contributed by atoms with Crippen LogP contribution in [-0.2, 0) is 0 Å². The van der Waals surface area contributed by atoms with Crippen LogP contribution in [0.2, 0.25) is 0 Å². The third-order valence-electron chi connectivity index (χ3n) is 8.62. The van der Waals surface area contributed by atoms with Crippen molar-refractivity contribution in [1.29, 1.82) is 0 Å². The first kappa shape index (κ1) is 20.4. The molecule has 1 aliphatic heterocycles. The molecule has 172 valence electrons. The van der Waals surface area contributed by atoms with Gasteiger partial charge in [-0.05, 0) is 95.1 Å². The minimum absolute atomic E-state index is 0.0693. The Morgan fingerprint density at radius 1 is 1.03 bits per heavy atom. The number of rotatable bonds is 4. The summed E-state index contributed by atoms with van der Waals surface area (Å²) in [4.78, 5) is 20.3. The fourth-order valence-electron chi connectivity index (χ4n) is 7.71. The van der Waals surface area contributed by atoms with Crippen LogP contribution >= 0.6 is 0 Å². The average Bonchev–Trinajstić information content (AvgIpc) is 3.12. The molecule has 2 N–H and O–H groups in total. The van der Waals surface area contributed by atoms with Crippen LogP contribution in [0.25, 0.3) is 11.0 Å². The second kappa shape index (κ2) is 7.67. The minimum atomic E-state index is 0.0693. The van der Waals surface area contributed by atoms with E-state index in [2.05, 4.69) is 58.2 Å². The van der Waals surface area contributed by atoms with Crippen molar-refractivity contribution >= 4 is 23.0 Å². The van der Waals surface area contributed by atoms with Crippen molar-refractivity contribution in [3.05, 3.63) is 24.3 Å². The Hall–Kier alpha value is -2.24. The highest BCUT2D eigenvalue weighted by Gasteiger charge is 2.51. The summed E-state index contributed by atoms with van der Waals surface area (Å²) in [7, 11) is 0. The van der Waals surface area contributed by atoms with Crippen LogP contribution in [0.15, 0.2) is 24.3 Å². The molecule has 4 bridgehead atoms. The van der Waals surface area contributed by atoms with E-state index in [0.29, 0.717) is 6.04 Å². The predicted octanol–water partition coefficient (Wildman–Crippen LogP) is 4.85. The first-order chi connectivity index (χ1) is 15.5. The standard InChI is InChI=1S/C26H37N5O/c1-17(2)31-23-6-4-3-5-22(23)28-25(31)30-9-7-21(8-10-30)27-24(32)29-26-14-18-11-19(15-26)13-20(12-18)16-26/h3-6,17-21H,7-16H2,1-2H3,(H2,27,29,32). The molecule has 0 spiro atoms. The van der Waals surface area contributed by atoms with E-state index in [-0.39, 0.29) is 17.6 Å². The molecule has 5 aliphatic rings.